The third-order valence-corrected chi connectivity index (χ3v) is 17.0. The molecule has 26 nitrogen and oxygen atoms in total. The average molecular weight is 1510 g/mol. The van der Waals surface area contributed by atoms with E-state index in [0.717, 1.165) is 102 Å². The van der Waals surface area contributed by atoms with Gasteiger partial charge < -0.3 is 51.1 Å². The van der Waals surface area contributed by atoms with Gasteiger partial charge in [-0.15, -0.1) is 0 Å². The Morgan fingerprint density at radius 2 is 1.15 bits per heavy atom. The van der Waals surface area contributed by atoms with Crippen molar-refractivity contribution in [3.8, 4) is 17.2 Å². The molecule has 86 heavy (non-hydrogen) atoms. The third-order valence-electron chi connectivity index (χ3n) is 12.6. The van der Waals surface area contributed by atoms with Crippen molar-refractivity contribution < 1.29 is 50.8 Å². The number of nitrogens with two attached hydrogens (primary N) is 4. The number of nitrogens with one attached hydrogen (secondary N) is 4. The summed E-state index contributed by atoms with van der Waals surface area (Å²) in [6.07, 6.45) is 6.04. The van der Waals surface area contributed by atoms with E-state index in [1.165, 1.54) is 51.1 Å². The monoisotopic (exact) mass is 1500 g/mol. The highest BCUT2D eigenvalue weighted by atomic mass is 79.9. The number of fused-ring (bicyclic) bond motifs is 3. The Bertz CT molecular complexity index is 4000. The molecule has 0 aliphatic carbocycles. The molecule has 33 heteroatoms. The fourth-order valence-corrected chi connectivity index (χ4v) is 10.6. The lowest BCUT2D eigenvalue weighted by molar-refractivity contribution is 0.0687. The second-order valence-corrected chi connectivity index (χ2v) is 25.3. The molecule has 0 saturated carbocycles. The van der Waals surface area contributed by atoms with E-state index in [2.05, 4.69) is 113 Å². The van der Waals surface area contributed by atoms with Crippen molar-refractivity contribution in [1.29, 1.82) is 0 Å². The van der Waals surface area contributed by atoms with Gasteiger partial charge in [0.1, 0.15) is 40.9 Å². The molecule has 0 atom stereocenters. The smallest absolute Gasteiger partial charge is 0.337 e. The predicted molar refractivity (Wildman–Crippen MR) is 346 cm³/mol. The standard InChI is InChI=1S/C14H18BrN5O3S.C9H6BrClN2.C9H7BrN2O.C8H8BrNO3.C8H9NO3.C5H13N3O2S/c1-23-13-5-12-10(4-11(13)15)14(18-8-17-12)20-6-9(7-20)2-3-19-24(16,21)22;1-5-2-8-6(3-7(5)10)9(11)13-4-12-8;1-5-2-8-6(3-7(5)10)9(13)12-4-11-8;1-13-7-3-6(10)4(8(11)12)2-5(7)9;1-12-5-2-3-6(8(10)11)7(9)4-5;6-11(9,10)8-2-1-5-3-7-4-5/h4-5,8-9,19H,2-3,6-7H2,1H3,(H2,16,21,22);2-4H,1H3;2-4H,1H3,(H,11,12,13);2-3H,10H2,1H3,(H,11,12);2-4H,9H2,1H3,(H,10,11);5,7-8H,1-4H2,(H2,6,9,10). The molecule has 2 fully saturated rings. The summed E-state index contributed by atoms with van der Waals surface area (Å²) in [6, 6.07) is 18.7. The van der Waals surface area contributed by atoms with Gasteiger partial charge in [0.25, 0.3) is 26.0 Å². The van der Waals surface area contributed by atoms with E-state index in [-0.39, 0.29) is 28.1 Å². The predicted octanol–water partition coefficient (Wildman–Crippen LogP) is 7.47. The van der Waals surface area contributed by atoms with Crippen LogP contribution in [-0.4, -0.2) is 129 Å². The van der Waals surface area contributed by atoms with Crippen LogP contribution in [0.5, 0.6) is 17.2 Å². The van der Waals surface area contributed by atoms with E-state index < -0.39 is 32.4 Å². The van der Waals surface area contributed by atoms with Gasteiger partial charge in [0.15, 0.2) is 0 Å². The number of aromatic nitrogens is 6. The summed E-state index contributed by atoms with van der Waals surface area (Å²) in [4.78, 5) is 58.0. The zero-order valence-corrected chi connectivity index (χ0v) is 55.3. The lowest BCUT2D eigenvalue weighted by Crippen LogP contribution is -2.48. The Morgan fingerprint density at radius 1 is 0.651 bits per heavy atom. The first-order valence-corrected chi connectivity index (χ1v) is 31.9. The van der Waals surface area contributed by atoms with Crippen LogP contribution in [-0.2, 0) is 20.4 Å². The number of halogens is 5. The molecule has 462 valence electrons. The largest absolute Gasteiger partial charge is 0.497 e. The van der Waals surface area contributed by atoms with Gasteiger partial charge in [-0.3, -0.25) is 4.79 Å². The number of aromatic carboxylic acids is 2. The summed E-state index contributed by atoms with van der Waals surface area (Å²) in [6.45, 7) is 8.41. The van der Waals surface area contributed by atoms with Gasteiger partial charge in [-0.05, 0) is 143 Å². The quantitative estimate of drug-likeness (QED) is 0.0372. The first-order valence-electron chi connectivity index (χ1n) is 25.2. The minimum Gasteiger partial charge on any atom is -0.497 e. The zero-order chi connectivity index (χ0) is 63.6. The number of hydrogen-bond acceptors (Lipinski definition) is 19. The summed E-state index contributed by atoms with van der Waals surface area (Å²) in [5.74, 6) is 1.60. The van der Waals surface area contributed by atoms with E-state index in [1.807, 2.05) is 44.2 Å². The molecule has 5 heterocycles. The van der Waals surface area contributed by atoms with Crippen molar-refractivity contribution in [2.75, 3.05) is 77.0 Å². The van der Waals surface area contributed by atoms with Crippen LogP contribution >= 0.6 is 75.3 Å². The summed E-state index contributed by atoms with van der Waals surface area (Å²) < 4.78 is 65.5. The number of benzene rings is 5. The molecule has 2 aliphatic rings. The maximum atomic E-state index is 11.3. The molecule has 0 bridgehead atoms. The molecule has 2 saturated heterocycles. The van der Waals surface area contributed by atoms with Crippen LogP contribution in [0.2, 0.25) is 5.15 Å². The number of anilines is 3. The van der Waals surface area contributed by atoms with Gasteiger partial charge in [-0.25, -0.2) is 54.2 Å². The first kappa shape index (κ1) is 70.3. The van der Waals surface area contributed by atoms with Crippen LogP contribution in [0.4, 0.5) is 17.2 Å². The van der Waals surface area contributed by atoms with Crippen molar-refractivity contribution in [2.24, 2.45) is 22.1 Å². The van der Waals surface area contributed by atoms with Gasteiger partial charge in [-0.2, -0.15) is 16.8 Å². The second-order valence-electron chi connectivity index (χ2n) is 18.7. The molecule has 8 aromatic rings. The third kappa shape index (κ3) is 21.2. The van der Waals surface area contributed by atoms with Crippen molar-refractivity contribution in [2.45, 2.75) is 26.7 Å². The highest BCUT2D eigenvalue weighted by molar-refractivity contribution is 9.11. The van der Waals surface area contributed by atoms with Crippen LogP contribution in [0.1, 0.15) is 44.7 Å². The van der Waals surface area contributed by atoms with E-state index in [9.17, 15) is 31.2 Å². The minimum absolute atomic E-state index is 0.0627. The number of rotatable bonds is 14. The molecular weight excluding hydrogens is 1440 g/mol. The van der Waals surface area contributed by atoms with Gasteiger partial charge in [0.2, 0.25) is 0 Å². The van der Waals surface area contributed by atoms with Crippen molar-refractivity contribution in [3.05, 3.63) is 141 Å². The molecular formula is C53H61Br4ClN14O12S2. The fourth-order valence-electron chi connectivity index (χ4n) is 7.86. The number of carboxylic acids is 2. The number of hydrogen-bond donors (Lipinski definition) is 10. The maximum absolute atomic E-state index is 11.3. The first-order chi connectivity index (χ1) is 40.5. The number of aryl methyl sites for hydroxylation is 2. The van der Waals surface area contributed by atoms with Crippen molar-refractivity contribution in [3.63, 3.8) is 0 Å². The Hall–Kier alpha value is -6.43. The zero-order valence-electron chi connectivity index (χ0n) is 46.6. The molecule has 0 spiro atoms. The number of aromatic amines is 1. The number of carbonyl (C=O) groups is 2. The average Bonchev–Trinajstić information content (AvgIpc) is 1.87. The number of ether oxygens (including phenoxy) is 3. The van der Waals surface area contributed by atoms with E-state index in [4.69, 9.17) is 57.8 Å². The number of H-pyrrole nitrogens is 1. The Balaban J connectivity index is 0.000000193. The van der Waals surface area contributed by atoms with Crippen LogP contribution in [0, 0.1) is 25.7 Å². The number of nitrogens with zero attached hydrogens (tertiary/aromatic N) is 6. The molecule has 0 radical (unpaired) electrons. The maximum Gasteiger partial charge on any atom is 0.337 e. The molecule has 14 N–H and O–H groups in total. The number of methoxy groups -OCH3 is 3. The minimum atomic E-state index is -3.61. The SMILES string of the molecule is COc1cc(N)c(C(=O)O)cc1Br.COc1cc2ncnc(N3CC(CCNS(N)(=O)=O)C3)c2cc1Br.COc1ccc(C(=O)O)c(N)c1.Cc1cc2nc[nH]c(=O)c2cc1Br.Cc1cc2ncnc(Cl)c2cc1Br.NS(=O)(=O)NCCC1CNC1. The summed E-state index contributed by atoms with van der Waals surface area (Å²) in [5.41, 5.74) is 16.0. The molecule has 5 aromatic carbocycles. The van der Waals surface area contributed by atoms with E-state index in [0.29, 0.717) is 51.4 Å². The summed E-state index contributed by atoms with van der Waals surface area (Å²) >= 11 is 19.4. The Labute approximate surface area is 533 Å². The molecule has 0 unspecified atom stereocenters. The Kier molecular flexibility index (Phi) is 26.6. The fraction of sp³-hybridized carbons (Fsp3) is 0.283. The lowest BCUT2D eigenvalue weighted by atomic mass is 9.96. The molecule has 10 rings (SSSR count). The normalized spacial score (nSPS) is 12.9. The molecule has 2 aliphatic heterocycles. The van der Waals surface area contributed by atoms with Gasteiger partial charge >= 0.3 is 11.9 Å². The van der Waals surface area contributed by atoms with Gasteiger partial charge in [-0.1, -0.05) is 43.5 Å². The molecule has 0 amide bonds. The second kappa shape index (κ2) is 32.5. The highest BCUT2D eigenvalue weighted by Crippen LogP contribution is 2.36. The summed E-state index contributed by atoms with van der Waals surface area (Å²) in [5, 5.41) is 33.0. The Morgan fingerprint density at radius 3 is 1.67 bits per heavy atom. The topological polar surface area (TPSA) is 411 Å². The lowest BCUT2D eigenvalue weighted by Gasteiger charge is -2.40. The number of nitrogen functional groups attached to an aromatic ring is 2. The van der Waals surface area contributed by atoms with Gasteiger partial charge in [0.05, 0.1) is 69.7 Å². The molecule has 3 aromatic heterocycles. The van der Waals surface area contributed by atoms with Crippen LogP contribution in [0.15, 0.2) is 108 Å². The van der Waals surface area contributed by atoms with E-state index >= 15 is 0 Å². The van der Waals surface area contributed by atoms with Crippen molar-refractivity contribution >= 4 is 158 Å². The van der Waals surface area contributed by atoms with Crippen LogP contribution < -0.4 is 61.2 Å². The highest BCUT2D eigenvalue weighted by Gasteiger charge is 2.29. The number of carboxylic acid groups (broad SMARTS) is 2. The van der Waals surface area contributed by atoms with Gasteiger partial charge in [0, 0.05) is 75.5 Å². The van der Waals surface area contributed by atoms with Crippen LogP contribution in [0.3, 0.4) is 0 Å². The van der Waals surface area contributed by atoms with E-state index in [1.54, 1.807) is 25.6 Å². The van der Waals surface area contributed by atoms with Crippen LogP contribution in [0.25, 0.3) is 32.7 Å². The van der Waals surface area contributed by atoms with Crippen molar-refractivity contribution in [1.82, 2.24) is 44.7 Å². The summed E-state index contributed by atoms with van der Waals surface area (Å²) in [7, 11) is -2.49.